The van der Waals surface area contributed by atoms with E-state index in [0.29, 0.717) is 17.5 Å². The summed E-state index contributed by atoms with van der Waals surface area (Å²) in [5.74, 6) is 1.85. The highest BCUT2D eigenvalue weighted by atomic mass is 32.1. The monoisotopic (exact) mass is 1560 g/mol. The molecule has 12 nitrogen and oxygen atoms in total. The van der Waals surface area contributed by atoms with Gasteiger partial charge < -0.3 is 15.0 Å². The Morgan fingerprint density at radius 3 is 0.892 bits per heavy atom. The number of aromatic nitrogens is 12. The molecule has 22 rings (SSSR count). The lowest BCUT2D eigenvalue weighted by Gasteiger charge is -2.11. The van der Waals surface area contributed by atoms with Crippen molar-refractivity contribution in [1.29, 1.82) is 0 Å². The fourth-order valence-corrected chi connectivity index (χ4v) is 16.7. The van der Waals surface area contributed by atoms with Gasteiger partial charge in [-0.3, -0.25) is 0 Å². The number of hydrogen-bond acceptors (Lipinski definition) is 10. The van der Waals surface area contributed by atoms with E-state index in [1.165, 1.54) is 108 Å². The lowest BCUT2D eigenvalue weighted by molar-refractivity contribution is 1.16. The molecule has 0 aliphatic rings. The van der Waals surface area contributed by atoms with E-state index in [0.717, 1.165) is 84.6 Å². The third-order valence-electron chi connectivity index (χ3n) is 21.7. The molecule has 566 valence electrons. The number of rotatable bonds is 15. The van der Waals surface area contributed by atoms with Gasteiger partial charge in [-0.15, -0.1) is 11.3 Å². The maximum absolute atomic E-state index is 4.94. The maximum atomic E-state index is 4.94. The highest BCUT2D eigenvalue weighted by Gasteiger charge is 2.19. The van der Waals surface area contributed by atoms with E-state index in [1.54, 1.807) is 37.6 Å². The molecular formula is C107H72N12S. The molecule has 0 atom stereocenters. The van der Waals surface area contributed by atoms with Crippen LogP contribution in [-0.2, 0) is 0 Å². The second kappa shape index (κ2) is 33.0. The summed E-state index contributed by atoms with van der Waals surface area (Å²) in [5.41, 5.74) is 28.0. The minimum Gasteiger partial charge on any atom is -0.342 e. The quantitative estimate of drug-likeness (QED) is 0.0906. The number of nitrogens with zero attached hydrogens (tertiary/aromatic N) is 9. The molecule has 13 heteroatoms. The molecule has 7 aromatic heterocycles. The first kappa shape index (κ1) is 72.8. The molecule has 0 saturated heterocycles. The van der Waals surface area contributed by atoms with Gasteiger partial charge in [0.2, 0.25) is 0 Å². The largest absolute Gasteiger partial charge is 0.342 e. The van der Waals surface area contributed by atoms with Gasteiger partial charge in [0.1, 0.15) is 17.1 Å². The van der Waals surface area contributed by atoms with Crippen molar-refractivity contribution in [3.05, 3.63) is 420 Å². The molecule has 0 unspecified atom stereocenters. The molecule has 15 aromatic carbocycles. The van der Waals surface area contributed by atoms with Crippen LogP contribution in [0, 0.1) is 0 Å². The number of imidazole rings is 3. The van der Waals surface area contributed by atoms with Crippen LogP contribution in [0.1, 0.15) is 0 Å². The summed E-state index contributed by atoms with van der Waals surface area (Å²) in [6.07, 6.45) is 10.2. The third kappa shape index (κ3) is 15.5. The molecule has 0 spiro atoms. The van der Waals surface area contributed by atoms with Crippen LogP contribution >= 0.6 is 11.3 Å². The first-order valence-electron chi connectivity index (χ1n) is 39.7. The van der Waals surface area contributed by atoms with Crippen molar-refractivity contribution >= 4 is 53.1 Å². The Bertz CT molecular complexity index is 7300. The van der Waals surface area contributed by atoms with Crippen molar-refractivity contribution in [2.75, 3.05) is 0 Å². The van der Waals surface area contributed by atoms with Crippen LogP contribution < -0.4 is 0 Å². The van der Waals surface area contributed by atoms with Gasteiger partial charge in [0.15, 0.2) is 17.5 Å². The summed E-state index contributed by atoms with van der Waals surface area (Å²) in [5, 5.41) is 7.59. The van der Waals surface area contributed by atoms with E-state index in [9.17, 15) is 0 Å². The van der Waals surface area contributed by atoms with Crippen molar-refractivity contribution < 1.29 is 0 Å². The van der Waals surface area contributed by atoms with E-state index >= 15 is 0 Å². The molecule has 0 bridgehead atoms. The molecular weight excluding hydrogens is 1490 g/mol. The number of fused-ring (bicyclic) bond motifs is 5. The predicted octanol–water partition coefficient (Wildman–Crippen LogP) is 27.3. The summed E-state index contributed by atoms with van der Waals surface area (Å²) in [4.78, 5) is 51.5. The van der Waals surface area contributed by atoms with E-state index in [4.69, 9.17) is 29.9 Å². The lowest BCUT2D eigenvalue weighted by Crippen LogP contribution is -1.96. The maximum Gasteiger partial charge on any atom is 0.178 e. The van der Waals surface area contributed by atoms with Crippen molar-refractivity contribution in [3.63, 3.8) is 0 Å². The molecule has 0 radical (unpaired) electrons. The molecule has 0 aliphatic heterocycles. The minimum atomic E-state index is 0.616. The smallest absolute Gasteiger partial charge is 0.178 e. The summed E-state index contributed by atoms with van der Waals surface area (Å²) < 4.78 is 2.63. The zero-order valence-electron chi connectivity index (χ0n) is 64.8. The van der Waals surface area contributed by atoms with Gasteiger partial charge in [0, 0.05) is 53.6 Å². The normalized spacial score (nSPS) is 11.2. The highest BCUT2D eigenvalue weighted by Crippen LogP contribution is 2.42. The van der Waals surface area contributed by atoms with E-state index < -0.39 is 0 Å². The van der Waals surface area contributed by atoms with Gasteiger partial charge in [-0.2, -0.15) is 0 Å². The highest BCUT2D eigenvalue weighted by molar-refractivity contribution is 7.26. The van der Waals surface area contributed by atoms with E-state index in [2.05, 4.69) is 394 Å². The van der Waals surface area contributed by atoms with Crippen LogP contribution in [0.2, 0.25) is 0 Å². The minimum absolute atomic E-state index is 0.616. The Morgan fingerprint density at radius 2 is 0.483 bits per heavy atom. The molecule has 0 amide bonds. The van der Waals surface area contributed by atoms with E-state index in [-0.39, 0.29) is 0 Å². The Balaban J connectivity index is 0.000000115. The molecule has 0 saturated carbocycles. The molecule has 3 N–H and O–H groups in total. The van der Waals surface area contributed by atoms with Gasteiger partial charge in [0.05, 0.1) is 71.7 Å². The summed E-state index contributed by atoms with van der Waals surface area (Å²) in [6.45, 7) is 0. The van der Waals surface area contributed by atoms with Crippen molar-refractivity contribution in [2.45, 2.75) is 0 Å². The standard InChI is InChI=1S/C37H24N4S.2C35H24N4/c1-2-7-24(8-3-1)25-13-17-27(18-14-25)32-21-33(41-37(40-32)34-22-38-23-39-34)28-19-15-26(16-20-28)29-10-6-11-31-30-9-4-5-12-35(30)42-36(29)31;1-2-7-24(8-3-1)25-13-17-28(18-14-25)32-21-33(39-35(38-32)34-22-36-23-37-34)29-19-15-27(16-20-29)31-12-6-10-26-9-4-5-11-30(26)31;1-2-6-24(7-3-1)26-10-15-28(16-11-26)32-21-33(39-35(38-32)34-22-36-23-37-34)29-17-12-27(13-18-29)31-19-14-25-8-4-5-9-30(25)20-31/h1-23H,(H,38,39);2*1-23H,(H,36,37). The van der Waals surface area contributed by atoms with Crippen molar-refractivity contribution in [3.8, 4) is 169 Å². The summed E-state index contributed by atoms with van der Waals surface area (Å²) >= 11 is 1.85. The van der Waals surface area contributed by atoms with Crippen molar-refractivity contribution in [1.82, 2.24) is 59.8 Å². The first-order chi connectivity index (χ1) is 59.4. The Labute approximate surface area is 696 Å². The SMILES string of the molecule is c1ccc(-c2ccc(-c3cc(-c4ccc(-c5ccc6ccccc6c5)cc4)nc(-c4cnc[nH]4)n3)cc2)cc1.c1ccc(-c2ccc(-c3cc(-c4ccc(-c5cccc6c5sc5ccccc56)cc4)nc(-c4cnc[nH]4)n3)cc2)cc1.c1ccc(-c2ccc(-c3cc(-c4ccc(-c5cccc6ccccc56)cc4)nc(-c4cnc[nH]4)n3)cc2)cc1. The molecule has 22 aromatic rings. The number of aromatic amines is 3. The van der Waals surface area contributed by atoms with Crippen LogP contribution in [-0.4, -0.2) is 59.8 Å². The predicted molar refractivity (Wildman–Crippen MR) is 492 cm³/mol. The summed E-state index contributed by atoms with van der Waals surface area (Å²) in [6, 6.07) is 134. The van der Waals surface area contributed by atoms with Gasteiger partial charge in [-0.25, -0.2) is 44.9 Å². The zero-order valence-corrected chi connectivity index (χ0v) is 65.6. The molecule has 0 aliphatic carbocycles. The average Bonchev–Trinajstić information content (AvgIpc) is 1.61. The number of thiophene rings is 1. The molecule has 7 heterocycles. The zero-order chi connectivity index (χ0) is 79.9. The van der Waals surface area contributed by atoms with E-state index in [1.807, 2.05) is 29.5 Å². The average molecular weight is 1560 g/mol. The number of benzene rings is 15. The molecule has 120 heavy (non-hydrogen) atoms. The van der Waals surface area contributed by atoms with Crippen molar-refractivity contribution in [2.24, 2.45) is 0 Å². The van der Waals surface area contributed by atoms with Gasteiger partial charge >= 0.3 is 0 Å². The van der Waals surface area contributed by atoms with Crippen LogP contribution in [0.4, 0.5) is 0 Å². The molecule has 0 fully saturated rings. The second-order valence-electron chi connectivity index (χ2n) is 29.2. The second-order valence-corrected chi connectivity index (χ2v) is 30.3. The number of hydrogen-bond donors (Lipinski definition) is 3. The topological polar surface area (TPSA) is 163 Å². The number of H-pyrrole nitrogens is 3. The van der Waals surface area contributed by atoms with Gasteiger partial charge in [-0.05, 0) is 119 Å². The summed E-state index contributed by atoms with van der Waals surface area (Å²) in [7, 11) is 0. The van der Waals surface area contributed by atoms with Crippen LogP contribution in [0.5, 0.6) is 0 Å². The van der Waals surface area contributed by atoms with Gasteiger partial charge in [-0.1, -0.05) is 352 Å². The Kier molecular flexibility index (Phi) is 20.0. The number of nitrogens with one attached hydrogen (secondary N) is 3. The Morgan fingerprint density at radius 1 is 0.192 bits per heavy atom. The third-order valence-corrected chi connectivity index (χ3v) is 22.9. The van der Waals surface area contributed by atoms with Crippen LogP contribution in [0.3, 0.4) is 0 Å². The Hall–Kier alpha value is -16.1. The first-order valence-corrected chi connectivity index (χ1v) is 40.5. The van der Waals surface area contributed by atoms with Crippen LogP contribution in [0.25, 0.3) is 211 Å². The fraction of sp³-hybridized carbons (Fsp3) is 0. The van der Waals surface area contributed by atoms with Crippen LogP contribution in [0.15, 0.2) is 420 Å². The lowest BCUT2D eigenvalue weighted by atomic mass is 9.97. The van der Waals surface area contributed by atoms with Gasteiger partial charge in [0.25, 0.3) is 0 Å². The fourth-order valence-electron chi connectivity index (χ4n) is 15.4.